The minimum absolute atomic E-state index is 0.0534. The minimum atomic E-state index is -3.94. The van der Waals surface area contributed by atoms with Crippen LogP contribution in [-0.2, 0) is 10.0 Å². The quantitative estimate of drug-likeness (QED) is 0.842. The molecule has 0 atom stereocenters. The van der Waals surface area contributed by atoms with Gasteiger partial charge in [0, 0.05) is 0 Å². The monoisotopic (exact) mass is 304 g/mol. The number of anilines is 1. The highest BCUT2D eigenvalue weighted by Crippen LogP contribution is 2.34. The van der Waals surface area contributed by atoms with Crippen LogP contribution in [0.25, 0.3) is 0 Å². The summed E-state index contributed by atoms with van der Waals surface area (Å²) < 4.78 is 31.9. The van der Waals surface area contributed by atoms with Crippen molar-refractivity contribution < 1.29 is 18.3 Å². The van der Waals surface area contributed by atoms with Crippen molar-refractivity contribution in [2.75, 3.05) is 11.8 Å². The normalized spacial score (nSPS) is 10.7. The van der Waals surface area contributed by atoms with Crippen LogP contribution in [0.1, 0.15) is 5.56 Å². The zero-order valence-corrected chi connectivity index (χ0v) is 11.9. The SMILES string of the molecule is COc1cccc(O)c1NS(=O)(=O)c1cccc(C#N)c1. The van der Waals surface area contributed by atoms with E-state index >= 15 is 0 Å². The maximum Gasteiger partial charge on any atom is 0.262 e. The molecule has 0 bridgehead atoms. The number of para-hydroxylation sites is 1. The van der Waals surface area contributed by atoms with Crippen molar-refractivity contribution in [1.29, 1.82) is 5.26 Å². The van der Waals surface area contributed by atoms with Gasteiger partial charge in [0.25, 0.3) is 10.0 Å². The fourth-order valence-electron chi connectivity index (χ4n) is 1.72. The Morgan fingerprint density at radius 3 is 2.62 bits per heavy atom. The van der Waals surface area contributed by atoms with E-state index in [1.54, 1.807) is 0 Å². The Morgan fingerprint density at radius 1 is 1.24 bits per heavy atom. The number of nitrogens with one attached hydrogen (secondary N) is 1. The first-order valence-electron chi connectivity index (χ1n) is 5.87. The second-order valence-corrected chi connectivity index (χ2v) is 5.78. The molecule has 2 N–H and O–H groups in total. The number of sulfonamides is 1. The highest BCUT2D eigenvalue weighted by atomic mass is 32.2. The zero-order valence-electron chi connectivity index (χ0n) is 11.1. The van der Waals surface area contributed by atoms with Crippen LogP contribution >= 0.6 is 0 Å². The Labute approximate surface area is 122 Å². The molecular formula is C14H12N2O4S. The molecule has 108 valence electrons. The summed E-state index contributed by atoms with van der Waals surface area (Å²) in [6.45, 7) is 0. The smallest absolute Gasteiger partial charge is 0.262 e. The summed E-state index contributed by atoms with van der Waals surface area (Å²) in [4.78, 5) is -0.0770. The van der Waals surface area contributed by atoms with Crippen LogP contribution in [0.4, 0.5) is 5.69 Å². The molecule has 0 aliphatic rings. The lowest BCUT2D eigenvalue weighted by Gasteiger charge is -2.13. The lowest BCUT2D eigenvalue weighted by molar-refractivity contribution is 0.411. The number of nitriles is 1. The molecule has 0 aliphatic carbocycles. The standard InChI is InChI=1S/C14H12N2O4S/c1-20-13-7-3-6-12(17)14(13)16-21(18,19)11-5-2-4-10(8-11)9-15/h2-8,16-17H,1H3. The molecule has 0 aliphatic heterocycles. The summed E-state index contributed by atoms with van der Waals surface area (Å²) in [5.41, 5.74) is 0.171. The number of methoxy groups -OCH3 is 1. The molecule has 0 fully saturated rings. The Balaban J connectivity index is 2.45. The van der Waals surface area contributed by atoms with Gasteiger partial charge in [-0.1, -0.05) is 12.1 Å². The molecular weight excluding hydrogens is 292 g/mol. The Morgan fingerprint density at radius 2 is 1.95 bits per heavy atom. The van der Waals surface area contributed by atoms with Crippen LogP contribution in [0.5, 0.6) is 11.5 Å². The van der Waals surface area contributed by atoms with Crippen molar-refractivity contribution in [3.05, 3.63) is 48.0 Å². The summed E-state index contributed by atoms with van der Waals surface area (Å²) >= 11 is 0. The van der Waals surface area contributed by atoms with E-state index in [0.29, 0.717) is 0 Å². The van der Waals surface area contributed by atoms with Gasteiger partial charge in [-0.2, -0.15) is 5.26 Å². The van der Waals surface area contributed by atoms with E-state index in [9.17, 15) is 13.5 Å². The van der Waals surface area contributed by atoms with E-state index in [2.05, 4.69) is 4.72 Å². The number of ether oxygens (including phenoxy) is 1. The Bertz CT molecular complexity index is 810. The predicted octanol–water partition coefficient (Wildman–Crippen LogP) is 2.07. The number of aromatic hydroxyl groups is 1. The van der Waals surface area contributed by atoms with Gasteiger partial charge < -0.3 is 9.84 Å². The predicted molar refractivity (Wildman–Crippen MR) is 76.6 cm³/mol. The molecule has 21 heavy (non-hydrogen) atoms. The van der Waals surface area contributed by atoms with Gasteiger partial charge in [0.2, 0.25) is 0 Å². The third kappa shape index (κ3) is 3.07. The molecule has 6 nitrogen and oxygen atoms in total. The molecule has 0 saturated carbocycles. The van der Waals surface area contributed by atoms with Crippen molar-refractivity contribution in [1.82, 2.24) is 0 Å². The molecule has 0 aromatic heterocycles. The van der Waals surface area contributed by atoms with Gasteiger partial charge in [-0.15, -0.1) is 0 Å². The number of rotatable bonds is 4. The number of hydrogen-bond donors (Lipinski definition) is 2. The molecule has 2 aromatic carbocycles. The topological polar surface area (TPSA) is 99.4 Å². The van der Waals surface area contributed by atoms with Crippen molar-refractivity contribution >= 4 is 15.7 Å². The molecule has 0 radical (unpaired) electrons. The number of nitrogens with zero attached hydrogens (tertiary/aromatic N) is 1. The minimum Gasteiger partial charge on any atom is -0.506 e. The van der Waals surface area contributed by atoms with Gasteiger partial charge >= 0.3 is 0 Å². The highest BCUT2D eigenvalue weighted by molar-refractivity contribution is 7.92. The largest absolute Gasteiger partial charge is 0.506 e. The molecule has 7 heteroatoms. The second kappa shape index (κ2) is 5.73. The van der Waals surface area contributed by atoms with Crippen molar-refractivity contribution in [2.45, 2.75) is 4.90 Å². The van der Waals surface area contributed by atoms with Gasteiger partial charge in [0.05, 0.1) is 23.6 Å². The number of phenols is 1. The first-order valence-corrected chi connectivity index (χ1v) is 7.35. The molecule has 0 saturated heterocycles. The first-order chi connectivity index (χ1) is 9.97. The van der Waals surface area contributed by atoms with Crippen LogP contribution in [0.2, 0.25) is 0 Å². The summed E-state index contributed by atoms with van der Waals surface area (Å²) in [5.74, 6) is -0.0654. The molecule has 0 unspecified atom stereocenters. The van der Waals surface area contributed by atoms with E-state index in [1.165, 1.54) is 49.6 Å². The van der Waals surface area contributed by atoms with Gasteiger partial charge in [-0.3, -0.25) is 4.72 Å². The van der Waals surface area contributed by atoms with E-state index < -0.39 is 10.0 Å². The Kier molecular flexibility index (Phi) is 4.00. The Hall–Kier alpha value is -2.72. The summed E-state index contributed by atoms with van der Waals surface area (Å²) in [6, 6.07) is 11.8. The third-order valence-electron chi connectivity index (χ3n) is 2.73. The van der Waals surface area contributed by atoms with Crippen LogP contribution in [0, 0.1) is 11.3 Å². The second-order valence-electron chi connectivity index (χ2n) is 4.10. The first kappa shape index (κ1) is 14.7. The average molecular weight is 304 g/mol. The fourth-order valence-corrected chi connectivity index (χ4v) is 2.85. The molecule has 0 heterocycles. The highest BCUT2D eigenvalue weighted by Gasteiger charge is 2.19. The van der Waals surface area contributed by atoms with Gasteiger partial charge in [-0.05, 0) is 30.3 Å². The van der Waals surface area contributed by atoms with E-state index in [1.807, 2.05) is 6.07 Å². The molecule has 2 aromatic rings. The number of phenolic OH excluding ortho intramolecular Hbond substituents is 1. The van der Waals surface area contributed by atoms with E-state index in [-0.39, 0.29) is 27.6 Å². The maximum atomic E-state index is 12.3. The van der Waals surface area contributed by atoms with E-state index in [4.69, 9.17) is 10.00 Å². The van der Waals surface area contributed by atoms with Crippen molar-refractivity contribution in [2.24, 2.45) is 0 Å². The lowest BCUT2D eigenvalue weighted by atomic mass is 10.2. The maximum absolute atomic E-state index is 12.3. The molecule has 2 rings (SSSR count). The van der Waals surface area contributed by atoms with Crippen LogP contribution < -0.4 is 9.46 Å². The van der Waals surface area contributed by atoms with Crippen molar-refractivity contribution in [3.63, 3.8) is 0 Å². The van der Waals surface area contributed by atoms with Gasteiger partial charge in [-0.25, -0.2) is 8.42 Å². The summed E-state index contributed by atoms with van der Waals surface area (Å²) in [5, 5.41) is 18.6. The number of hydrogen-bond acceptors (Lipinski definition) is 5. The third-order valence-corrected chi connectivity index (χ3v) is 4.08. The molecule has 0 amide bonds. The average Bonchev–Trinajstić information content (AvgIpc) is 2.49. The van der Waals surface area contributed by atoms with E-state index in [0.717, 1.165) is 0 Å². The zero-order chi connectivity index (χ0) is 15.5. The lowest BCUT2D eigenvalue weighted by Crippen LogP contribution is -2.14. The van der Waals surface area contributed by atoms with Crippen LogP contribution in [0.15, 0.2) is 47.4 Å². The number of benzene rings is 2. The van der Waals surface area contributed by atoms with Crippen LogP contribution in [0.3, 0.4) is 0 Å². The fraction of sp³-hybridized carbons (Fsp3) is 0.0714. The van der Waals surface area contributed by atoms with Crippen molar-refractivity contribution in [3.8, 4) is 17.6 Å². The van der Waals surface area contributed by atoms with Gasteiger partial charge in [0.1, 0.15) is 17.2 Å². The summed E-state index contributed by atoms with van der Waals surface area (Å²) in [7, 11) is -2.58. The molecule has 0 spiro atoms. The van der Waals surface area contributed by atoms with Gasteiger partial charge in [0.15, 0.2) is 0 Å². The van der Waals surface area contributed by atoms with Crippen LogP contribution in [-0.4, -0.2) is 20.6 Å². The summed E-state index contributed by atoms with van der Waals surface area (Å²) in [6.07, 6.45) is 0.